The van der Waals surface area contributed by atoms with Crippen molar-refractivity contribution in [2.75, 3.05) is 7.11 Å². The highest BCUT2D eigenvalue weighted by Gasteiger charge is 2.13. The summed E-state index contributed by atoms with van der Waals surface area (Å²) >= 11 is 1.31. The molecule has 1 N–H and O–H groups in total. The first-order valence-electron chi connectivity index (χ1n) is 7.36. The first kappa shape index (κ1) is 16.7. The molecule has 0 fully saturated rings. The molecule has 1 amide bonds. The minimum absolute atomic E-state index is 0.282. The Labute approximate surface area is 147 Å². The summed E-state index contributed by atoms with van der Waals surface area (Å²) in [5.74, 6) is -0.186. The molecule has 2 aromatic heterocycles. The van der Waals surface area contributed by atoms with Crippen LogP contribution in [-0.2, 0) is 11.3 Å². The molecule has 0 bridgehead atoms. The third kappa shape index (κ3) is 4.04. The van der Waals surface area contributed by atoms with Crippen molar-refractivity contribution in [3.8, 4) is 10.8 Å². The fraction of sp³-hybridized carbons (Fsp3) is 0.118. The summed E-state index contributed by atoms with van der Waals surface area (Å²) in [4.78, 5) is 36.1. The SMILES string of the molecule is COC(=O)c1ccc(CNC(=O)c2csc(-c3ncccn3)n2)cc1. The van der Waals surface area contributed by atoms with Crippen LogP contribution in [0.2, 0.25) is 0 Å². The lowest BCUT2D eigenvalue weighted by Gasteiger charge is -2.04. The predicted molar refractivity (Wildman–Crippen MR) is 92.1 cm³/mol. The highest BCUT2D eigenvalue weighted by molar-refractivity contribution is 7.13. The lowest BCUT2D eigenvalue weighted by molar-refractivity contribution is 0.0600. The van der Waals surface area contributed by atoms with Gasteiger partial charge in [0.2, 0.25) is 0 Å². The summed E-state index contributed by atoms with van der Waals surface area (Å²) in [6.07, 6.45) is 3.25. The molecular formula is C17H14N4O3S. The number of nitrogens with zero attached hydrogens (tertiary/aromatic N) is 3. The van der Waals surface area contributed by atoms with Gasteiger partial charge in [0, 0.05) is 24.3 Å². The van der Waals surface area contributed by atoms with E-state index in [1.165, 1.54) is 18.4 Å². The standard InChI is InChI=1S/C17H14N4O3S/c1-24-17(23)12-5-3-11(4-6-12)9-20-15(22)13-10-25-16(21-13)14-18-7-2-8-19-14/h2-8,10H,9H2,1H3,(H,20,22). The molecule has 0 spiro atoms. The minimum atomic E-state index is -0.395. The van der Waals surface area contributed by atoms with E-state index in [1.54, 1.807) is 48.1 Å². The fourth-order valence-electron chi connectivity index (χ4n) is 2.04. The average Bonchev–Trinajstić information content (AvgIpc) is 3.17. The Hall–Kier alpha value is -3.13. The molecule has 1 aromatic carbocycles. The minimum Gasteiger partial charge on any atom is -0.465 e. The molecule has 3 rings (SSSR count). The first-order valence-corrected chi connectivity index (χ1v) is 8.23. The number of esters is 1. The van der Waals surface area contributed by atoms with Crippen LogP contribution >= 0.6 is 11.3 Å². The van der Waals surface area contributed by atoms with Crippen LogP contribution in [0, 0.1) is 0 Å². The number of hydrogen-bond donors (Lipinski definition) is 1. The first-order chi connectivity index (χ1) is 12.2. The summed E-state index contributed by atoms with van der Waals surface area (Å²) < 4.78 is 4.64. The van der Waals surface area contributed by atoms with Crippen molar-refractivity contribution in [1.29, 1.82) is 0 Å². The highest BCUT2D eigenvalue weighted by Crippen LogP contribution is 2.19. The van der Waals surface area contributed by atoms with Crippen LogP contribution in [0.3, 0.4) is 0 Å². The van der Waals surface area contributed by atoms with Crippen LogP contribution < -0.4 is 5.32 Å². The molecule has 0 saturated heterocycles. The van der Waals surface area contributed by atoms with Crippen LogP contribution in [0.1, 0.15) is 26.4 Å². The van der Waals surface area contributed by atoms with Crippen LogP contribution in [0.25, 0.3) is 10.8 Å². The maximum atomic E-state index is 12.2. The van der Waals surface area contributed by atoms with Crippen molar-refractivity contribution in [3.05, 3.63) is 64.9 Å². The van der Waals surface area contributed by atoms with Gasteiger partial charge in [-0.05, 0) is 23.8 Å². The van der Waals surface area contributed by atoms with Crippen molar-refractivity contribution >= 4 is 23.2 Å². The zero-order valence-electron chi connectivity index (χ0n) is 13.3. The Morgan fingerprint density at radius 1 is 1.16 bits per heavy atom. The van der Waals surface area contributed by atoms with Crippen molar-refractivity contribution in [2.45, 2.75) is 6.54 Å². The lowest BCUT2D eigenvalue weighted by atomic mass is 10.1. The van der Waals surface area contributed by atoms with E-state index in [0.717, 1.165) is 5.56 Å². The molecule has 126 valence electrons. The van der Waals surface area contributed by atoms with Crippen LogP contribution in [0.15, 0.2) is 48.1 Å². The Balaban J connectivity index is 1.61. The van der Waals surface area contributed by atoms with Crippen molar-refractivity contribution < 1.29 is 14.3 Å². The number of rotatable bonds is 5. The number of ether oxygens (including phenoxy) is 1. The van der Waals surface area contributed by atoms with E-state index in [2.05, 4.69) is 25.0 Å². The van der Waals surface area contributed by atoms with E-state index in [4.69, 9.17) is 0 Å². The van der Waals surface area contributed by atoms with Crippen LogP contribution in [0.5, 0.6) is 0 Å². The van der Waals surface area contributed by atoms with E-state index in [-0.39, 0.29) is 5.91 Å². The van der Waals surface area contributed by atoms with E-state index in [9.17, 15) is 9.59 Å². The number of aromatic nitrogens is 3. The zero-order valence-corrected chi connectivity index (χ0v) is 14.1. The molecule has 0 aliphatic heterocycles. The van der Waals surface area contributed by atoms with Gasteiger partial charge in [-0.1, -0.05) is 12.1 Å². The summed E-state index contributed by atoms with van der Waals surface area (Å²) in [6.45, 7) is 0.328. The summed E-state index contributed by atoms with van der Waals surface area (Å²) in [7, 11) is 1.33. The number of carbonyl (C=O) groups excluding carboxylic acids is 2. The second kappa shape index (κ2) is 7.63. The van der Waals surface area contributed by atoms with Crippen LogP contribution in [0.4, 0.5) is 0 Å². The Morgan fingerprint density at radius 3 is 2.56 bits per heavy atom. The zero-order chi connectivity index (χ0) is 17.6. The molecule has 2 heterocycles. The quantitative estimate of drug-likeness (QED) is 0.707. The summed E-state index contributed by atoms with van der Waals surface area (Å²) in [5.41, 5.74) is 1.64. The number of amides is 1. The van der Waals surface area contributed by atoms with Gasteiger partial charge < -0.3 is 10.1 Å². The summed E-state index contributed by atoms with van der Waals surface area (Å²) in [5, 5.41) is 5.05. The van der Waals surface area contributed by atoms with Crippen LogP contribution in [-0.4, -0.2) is 33.9 Å². The second-order valence-corrected chi connectivity index (χ2v) is 5.84. The van der Waals surface area contributed by atoms with Gasteiger partial charge in [0.25, 0.3) is 5.91 Å². The predicted octanol–water partition coefficient (Wildman–Crippen LogP) is 2.32. The van der Waals surface area contributed by atoms with Crippen molar-refractivity contribution in [3.63, 3.8) is 0 Å². The molecule has 7 nitrogen and oxygen atoms in total. The average molecular weight is 354 g/mol. The van der Waals surface area contributed by atoms with Gasteiger partial charge in [-0.25, -0.2) is 19.7 Å². The molecule has 0 radical (unpaired) electrons. The number of thiazole rings is 1. The van der Waals surface area contributed by atoms with Gasteiger partial charge >= 0.3 is 5.97 Å². The fourth-order valence-corrected chi connectivity index (χ4v) is 2.78. The molecule has 3 aromatic rings. The van der Waals surface area contributed by atoms with E-state index in [1.807, 2.05) is 0 Å². The van der Waals surface area contributed by atoms with Crippen molar-refractivity contribution in [1.82, 2.24) is 20.3 Å². The molecule has 0 saturated carbocycles. The normalized spacial score (nSPS) is 10.3. The topological polar surface area (TPSA) is 94.1 Å². The number of nitrogens with one attached hydrogen (secondary N) is 1. The van der Waals surface area contributed by atoms with Crippen molar-refractivity contribution in [2.24, 2.45) is 0 Å². The third-order valence-electron chi connectivity index (χ3n) is 3.32. The van der Waals surface area contributed by atoms with Gasteiger partial charge in [-0.15, -0.1) is 11.3 Å². The Bertz CT molecular complexity index is 878. The maximum absolute atomic E-state index is 12.2. The Morgan fingerprint density at radius 2 is 1.88 bits per heavy atom. The molecule has 8 heteroatoms. The number of benzene rings is 1. The van der Waals surface area contributed by atoms with E-state index >= 15 is 0 Å². The third-order valence-corrected chi connectivity index (χ3v) is 4.16. The molecule has 0 unspecified atom stereocenters. The number of methoxy groups -OCH3 is 1. The summed E-state index contributed by atoms with van der Waals surface area (Å²) in [6, 6.07) is 8.55. The molecule has 0 aliphatic carbocycles. The highest BCUT2D eigenvalue weighted by atomic mass is 32.1. The molecule has 0 aliphatic rings. The largest absolute Gasteiger partial charge is 0.465 e. The second-order valence-electron chi connectivity index (χ2n) is 4.98. The van der Waals surface area contributed by atoms with Gasteiger partial charge in [0.15, 0.2) is 10.8 Å². The van der Waals surface area contributed by atoms with Gasteiger partial charge in [-0.2, -0.15) is 0 Å². The van der Waals surface area contributed by atoms with Gasteiger partial charge in [-0.3, -0.25) is 4.79 Å². The smallest absolute Gasteiger partial charge is 0.337 e. The monoisotopic (exact) mass is 354 g/mol. The van der Waals surface area contributed by atoms with Gasteiger partial charge in [0.1, 0.15) is 5.69 Å². The molecule has 0 atom stereocenters. The molecule has 25 heavy (non-hydrogen) atoms. The maximum Gasteiger partial charge on any atom is 0.337 e. The molecular weight excluding hydrogens is 340 g/mol. The number of hydrogen-bond acceptors (Lipinski definition) is 7. The van der Waals surface area contributed by atoms with E-state index < -0.39 is 5.97 Å². The van der Waals surface area contributed by atoms with E-state index in [0.29, 0.717) is 28.6 Å². The Kier molecular flexibility index (Phi) is 5.10. The number of carbonyl (C=O) groups is 2. The lowest BCUT2D eigenvalue weighted by Crippen LogP contribution is -2.23. The van der Waals surface area contributed by atoms with Gasteiger partial charge in [0.05, 0.1) is 12.7 Å².